The summed E-state index contributed by atoms with van der Waals surface area (Å²) in [5.41, 5.74) is 1.01. The predicted octanol–water partition coefficient (Wildman–Crippen LogP) is 1.13. The average molecular weight is 247 g/mol. The van der Waals surface area contributed by atoms with Gasteiger partial charge in [0.05, 0.1) is 6.54 Å². The second-order valence-electron chi connectivity index (χ2n) is 3.26. The first-order valence-electron chi connectivity index (χ1n) is 4.88. The summed E-state index contributed by atoms with van der Waals surface area (Å²) in [4.78, 5) is 11.1. The standard InChI is InChI=1S/C11H15FN2O.ClH/c1-13-8-11(15)14-7-6-9-2-4-10(12)5-3-9;/h2-5,13H,6-8H2,1H3,(H,14,15);1H. The van der Waals surface area contributed by atoms with E-state index in [1.807, 2.05) is 0 Å². The highest BCUT2D eigenvalue weighted by Crippen LogP contribution is 2.02. The van der Waals surface area contributed by atoms with Crippen LogP contribution in [0.1, 0.15) is 5.56 Å². The van der Waals surface area contributed by atoms with Gasteiger partial charge in [-0.2, -0.15) is 0 Å². The number of hydrogen-bond donors (Lipinski definition) is 2. The molecule has 1 rings (SSSR count). The SMILES string of the molecule is CNCC(=O)NCCc1ccc(F)cc1.Cl. The van der Waals surface area contributed by atoms with Crippen LogP contribution in [-0.2, 0) is 11.2 Å². The van der Waals surface area contributed by atoms with E-state index in [1.54, 1.807) is 19.2 Å². The van der Waals surface area contributed by atoms with Crippen LogP contribution in [0.4, 0.5) is 4.39 Å². The second-order valence-corrected chi connectivity index (χ2v) is 3.26. The lowest BCUT2D eigenvalue weighted by molar-refractivity contribution is -0.120. The maximum atomic E-state index is 12.6. The molecule has 1 amide bonds. The van der Waals surface area contributed by atoms with Crippen molar-refractivity contribution in [3.05, 3.63) is 35.6 Å². The van der Waals surface area contributed by atoms with E-state index in [0.29, 0.717) is 13.1 Å². The van der Waals surface area contributed by atoms with Crippen LogP contribution in [0, 0.1) is 5.82 Å². The summed E-state index contributed by atoms with van der Waals surface area (Å²) >= 11 is 0. The van der Waals surface area contributed by atoms with Crippen molar-refractivity contribution in [3.63, 3.8) is 0 Å². The van der Waals surface area contributed by atoms with Gasteiger partial charge in [-0.3, -0.25) is 4.79 Å². The fraction of sp³-hybridized carbons (Fsp3) is 0.364. The molecule has 0 aromatic heterocycles. The highest BCUT2D eigenvalue weighted by molar-refractivity contribution is 5.85. The maximum Gasteiger partial charge on any atom is 0.233 e. The highest BCUT2D eigenvalue weighted by Gasteiger charge is 1.98. The minimum atomic E-state index is -0.238. The summed E-state index contributed by atoms with van der Waals surface area (Å²) in [5, 5.41) is 5.51. The Hall–Kier alpha value is -1.13. The molecule has 0 heterocycles. The number of benzene rings is 1. The third-order valence-corrected chi connectivity index (χ3v) is 1.99. The molecule has 0 aliphatic carbocycles. The Kier molecular flexibility index (Phi) is 7.50. The van der Waals surface area contributed by atoms with Gasteiger partial charge < -0.3 is 10.6 Å². The van der Waals surface area contributed by atoms with Crippen molar-refractivity contribution in [2.24, 2.45) is 0 Å². The van der Waals surface area contributed by atoms with Crippen molar-refractivity contribution in [2.45, 2.75) is 6.42 Å². The summed E-state index contributed by atoms with van der Waals surface area (Å²) in [6.45, 7) is 0.898. The molecule has 0 saturated heterocycles. The lowest BCUT2D eigenvalue weighted by Gasteiger charge is -2.04. The molecule has 0 spiro atoms. The average Bonchev–Trinajstić information content (AvgIpc) is 2.21. The topological polar surface area (TPSA) is 41.1 Å². The Morgan fingerprint density at radius 3 is 2.50 bits per heavy atom. The molecule has 1 aromatic rings. The van der Waals surface area contributed by atoms with Gasteiger partial charge in [-0.15, -0.1) is 12.4 Å². The maximum absolute atomic E-state index is 12.6. The largest absolute Gasteiger partial charge is 0.355 e. The van der Waals surface area contributed by atoms with Gasteiger partial charge in [-0.05, 0) is 31.2 Å². The number of amides is 1. The molecule has 16 heavy (non-hydrogen) atoms. The number of rotatable bonds is 5. The zero-order valence-electron chi connectivity index (χ0n) is 9.13. The molecular weight excluding hydrogens is 231 g/mol. The molecule has 3 nitrogen and oxygen atoms in total. The minimum absolute atomic E-state index is 0. The molecule has 90 valence electrons. The summed E-state index contributed by atoms with van der Waals surface area (Å²) < 4.78 is 12.6. The fourth-order valence-corrected chi connectivity index (χ4v) is 1.22. The van der Waals surface area contributed by atoms with Crippen LogP contribution in [0.3, 0.4) is 0 Å². The third kappa shape index (κ3) is 5.68. The molecule has 0 unspecified atom stereocenters. The first kappa shape index (κ1) is 14.9. The van der Waals surface area contributed by atoms with Crippen molar-refractivity contribution in [1.29, 1.82) is 0 Å². The smallest absolute Gasteiger partial charge is 0.233 e. The van der Waals surface area contributed by atoms with Gasteiger partial charge >= 0.3 is 0 Å². The quantitative estimate of drug-likeness (QED) is 0.818. The molecule has 0 atom stereocenters. The van der Waals surface area contributed by atoms with Crippen LogP contribution in [-0.4, -0.2) is 26.0 Å². The van der Waals surface area contributed by atoms with E-state index in [9.17, 15) is 9.18 Å². The molecule has 0 fully saturated rings. The van der Waals surface area contributed by atoms with Crippen molar-refractivity contribution in [3.8, 4) is 0 Å². The lowest BCUT2D eigenvalue weighted by Crippen LogP contribution is -2.33. The molecule has 0 aliphatic heterocycles. The number of hydrogen-bond acceptors (Lipinski definition) is 2. The first-order valence-corrected chi connectivity index (χ1v) is 4.88. The van der Waals surface area contributed by atoms with Crippen LogP contribution in [0.2, 0.25) is 0 Å². The van der Waals surface area contributed by atoms with Crippen LogP contribution in [0.25, 0.3) is 0 Å². The summed E-state index contributed by atoms with van der Waals surface area (Å²) in [6.07, 6.45) is 0.718. The van der Waals surface area contributed by atoms with Gasteiger partial charge in [0.25, 0.3) is 0 Å². The number of carbonyl (C=O) groups is 1. The van der Waals surface area contributed by atoms with Crippen LogP contribution in [0.15, 0.2) is 24.3 Å². The third-order valence-electron chi connectivity index (χ3n) is 1.99. The van der Waals surface area contributed by atoms with Gasteiger partial charge in [-0.25, -0.2) is 4.39 Å². The zero-order chi connectivity index (χ0) is 11.1. The zero-order valence-corrected chi connectivity index (χ0v) is 9.94. The number of carbonyl (C=O) groups excluding carboxylic acids is 1. The molecule has 1 aromatic carbocycles. The minimum Gasteiger partial charge on any atom is -0.355 e. The monoisotopic (exact) mass is 246 g/mol. The van der Waals surface area contributed by atoms with Crippen LogP contribution < -0.4 is 10.6 Å². The predicted molar refractivity (Wildman–Crippen MR) is 64.3 cm³/mol. The van der Waals surface area contributed by atoms with Crippen molar-refractivity contribution in [1.82, 2.24) is 10.6 Å². The summed E-state index contributed by atoms with van der Waals surface area (Å²) in [5.74, 6) is -0.266. The molecule has 0 radical (unpaired) electrons. The van der Waals surface area contributed by atoms with Crippen LogP contribution >= 0.6 is 12.4 Å². The molecule has 5 heteroatoms. The Labute approximate surface area is 101 Å². The number of halogens is 2. The lowest BCUT2D eigenvalue weighted by atomic mass is 10.1. The van der Waals surface area contributed by atoms with Gasteiger partial charge in [0.1, 0.15) is 5.82 Å². The normalized spacial score (nSPS) is 9.38. The van der Waals surface area contributed by atoms with Crippen LogP contribution in [0.5, 0.6) is 0 Å². The van der Waals surface area contributed by atoms with E-state index in [2.05, 4.69) is 10.6 Å². The second kappa shape index (κ2) is 8.07. The molecule has 0 saturated carbocycles. The van der Waals surface area contributed by atoms with E-state index in [0.717, 1.165) is 12.0 Å². The Balaban J connectivity index is 0.00000225. The van der Waals surface area contributed by atoms with Gasteiger partial charge in [0.15, 0.2) is 0 Å². The fourth-order valence-electron chi connectivity index (χ4n) is 1.22. The molecule has 2 N–H and O–H groups in total. The molecule has 0 bridgehead atoms. The van der Waals surface area contributed by atoms with Crippen molar-refractivity contribution >= 4 is 18.3 Å². The van der Waals surface area contributed by atoms with E-state index in [-0.39, 0.29) is 24.1 Å². The van der Waals surface area contributed by atoms with Crippen molar-refractivity contribution in [2.75, 3.05) is 20.1 Å². The Morgan fingerprint density at radius 1 is 1.31 bits per heavy atom. The number of likely N-dealkylation sites (N-methyl/N-ethyl adjacent to an activating group) is 1. The van der Waals surface area contributed by atoms with Gasteiger partial charge in [0, 0.05) is 6.54 Å². The summed E-state index contributed by atoms with van der Waals surface area (Å²) in [7, 11) is 1.72. The molecule has 0 aliphatic rings. The van der Waals surface area contributed by atoms with Crippen molar-refractivity contribution < 1.29 is 9.18 Å². The van der Waals surface area contributed by atoms with Gasteiger partial charge in [0.2, 0.25) is 5.91 Å². The number of nitrogens with one attached hydrogen (secondary N) is 2. The summed E-state index contributed by atoms with van der Waals surface area (Å²) in [6, 6.07) is 6.29. The Morgan fingerprint density at radius 2 is 1.94 bits per heavy atom. The van der Waals surface area contributed by atoms with Gasteiger partial charge in [-0.1, -0.05) is 12.1 Å². The van der Waals surface area contributed by atoms with E-state index in [4.69, 9.17) is 0 Å². The Bertz CT molecular complexity index is 316. The van der Waals surface area contributed by atoms with E-state index in [1.165, 1.54) is 12.1 Å². The van der Waals surface area contributed by atoms with E-state index >= 15 is 0 Å². The highest BCUT2D eigenvalue weighted by atomic mass is 35.5. The first-order chi connectivity index (χ1) is 7.22. The van der Waals surface area contributed by atoms with E-state index < -0.39 is 0 Å². The molecular formula is C11H16ClFN2O.